The molecule has 6 nitrogen and oxygen atoms in total. The van der Waals surface area contributed by atoms with Crippen molar-refractivity contribution in [3.8, 4) is 11.5 Å². The van der Waals surface area contributed by atoms with Gasteiger partial charge in [-0.15, -0.1) is 16.8 Å². The summed E-state index contributed by atoms with van der Waals surface area (Å²) in [4.78, 5) is 12.4. The van der Waals surface area contributed by atoms with Crippen LogP contribution < -0.4 is 9.47 Å². The highest BCUT2D eigenvalue weighted by Gasteiger charge is 2.30. The summed E-state index contributed by atoms with van der Waals surface area (Å²) >= 11 is 1.41. The van der Waals surface area contributed by atoms with Crippen molar-refractivity contribution < 1.29 is 14.3 Å². The molecule has 0 N–H and O–H groups in total. The molecule has 0 atom stereocenters. The van der Waals surface area contributed by atoms with Gasteiger partial charge in [-0.1, -0.05) is 17.8 Å². The molecule has 2 aromatic rings. The Morgan fingerprint density at radius 1 is 1.33 bits per heavy atom. The van der Waals surface area contributed by atoms with Gasteiger partial charge in [-0.2, -0.15) is 0 Å². The maximum atomic E-state index is 12.4. The van der Waals surface area contributed by atoms with E-state index in [1.54, 1.807) is 18.2 Å². The van der Waals surface area contributed by atoms with E-state index < -0.39 is 0 Å². The highest BCUT2D eigenvalue weighted by atomic mass is 32.2. The molecular formula is C17H17N3O3S. The van der Waals surface area contributed by atoms with Gasteiger partial charge in [0.1, 0.15) is 5.82 Å². The molecule has 1 saturated carbocycles. The molecular weight excluding hydrogens is 326 g/mol. The third kappa shape index (κ3) is 2.91. The molecule has 0 saturated heterocycles. The molecule has 124 valence electrons. The van der Waals surface area contributed by atoms with Gasteiger partial charge in [0.15, 0.2) is 22.4 Å². The van der Waals surface area contributed by atoms with Crippen molar-refractivity contribution >= 4 is 17.5 Å². The van der Waals surface area contributed by atoms with Crippen LogP contribution in [0.3, 0.4) is 0 Å². The van der Waals surface area contributed by atoms with Gasteiger partial charge in [0.2, 0.25) is 6.79 Å². The molecule has 1 fully saturated rings. The summed E-state index contributed by atoms with van der Waals surface area (Å²) in [6.45, 7) is 4.67. The lowest BCUT2D eigenvalue weighted by molar-refractivity contribution is 0.102. The summed E-state index contributed by atoms with van der Waals surface area (Å²) in [6, 6.07) is 5.27. The fourth-order valence-corrected chi connectivity index (χ4v) is 3.48. The Balaban J connectivity index is 1.46. The number of Topliss-reactive ketones (excluding diaryl/α,β-unsaturated/α-hetero) is 1. The average Bonchev–Trinajstić information content (AvgIpc) is 3.19. The lowest BCUT2D eigenvalue weighted by Crippen LogP contribution is -2.06. The molecule has 0 radical (unpaired) electrons. The van der Waals surface area contributed by atoms with Crippen molar-refractivity contribution in [1.29, 1.82) is 0 Å². The maximum Gasteiger partial charge on any atom is 0.231 e. The number of fused-ring (bicyclic) bond motifs is 1. The summed E-state index contributed by atoms with van der Waals surface area (Å²) in [7, 11) is 0. The normalized spacial score (nSPS) is 15.5. The zero-order valence-electron chi connectivity index (χ0n) is 13.1. The lowest BCUT2D eigenvalue weighted by atomic mass is 10.1. The van der Waals surface area contributed by atoms with E-state index in [4.69, 9.17) is 9.47 Å². The third-order valence-electron chi connectivity index (χ3n) is 4.03. The molecule has 7 heteroatoms. The van der Waals surface area contributed by atoms with Crippen LogP contribution in [0.25, 0.3) is 0 Å². The van der Waals surface area contributed by atoms with Crippen LogP contribution >= 0.6 is 11.8 Å². The standard InChI is InChI=1S/C17H17N3O3S/c1-2-7-20-16(11-3-4-11)18-19-17(20)24-9-13(21)12-5-6-14-15(8-12)23-10-22-14/h2,5-6,8,11H,1,3-4,7,9-10H2. The molecule has 1 aliphatic heterocycles. The number of nitrogens with zero attached hydrogens (tertiary/aromatic N) is 3. The van der Waals surface area contributed by atoms with Gasteiger partial charge in [-0.25, -0.2) is 0 Å². The summed E-state index contributed by atoms with van der Waals surface area (Å²) in [6.07, 6.45) is 4.16. The van der Waals surface area contributed by atoms with Gasteiger partial charge in [-0.3, -0.25) is 4.79 Å². The summed E-state index contributed by atoms with van der Waals surface area (Å²) in [5, 5.41) is 9.31. The first-order chi connectivity index (χ1) is 11.8. The molecule has 24 heavy (non-hydrogen) atoms. The number of ether oxygens (including phenoxy) is 2. The Morgan fingerprint density at radius 2 is 2.17 bits per heavy atom. The zero-order chi connectivity index (χ0) is 16.5. The number of aromatic nitrogens is 3. The van der Waals surface area contributed by atoms with Crippen molar-refractivity contribution in [3.63, 3.8) is 0 Å². The maximum absolute atomic E-state index is 12.4. The van der Waals surface area contributed by atoms with Crippen LogP contribution in [-0.4, -0.2) is 33.1 Å². The van der Waals surface area contributed by atoms with Gasteiger partial charge in [0.05, 0.1) is 5.75 Å². The second-order valence-electron chi connectivity index (χ2n) is 5.79. The molecule has 1 aromatic carbocycles. The molecule has 0 unspecified atom stereocenters. The predicted octanol–water partition coefficient (Wildman–Crippen LogP) is 3.05. The van der Waals surface area contributed by atoms with E-state index in [0.717, 1.165) is 23.8 Å². The number of hydrogen-bond donors (Lipinski definition) is 0. The number of carbonyl (C=O) groups is 1. The van der Waals surface area contributed by atoms with Gasteiger partial charge < -0.3 is 14.0 Å². The minimum absolute atomic E-state index is 0.0272. The van der Waals surface area contributed by atoms with E-state index in [0.29, 0.717) is 35.3 Å². The fourth-order valence-electron chi connectivity index (χ4n) is 2.63. The van der Waals surface area contributed by atoms with E-state index in [-0.39, 0.29) is 12.6 Å². The van der Waals surface area contributed by atoms with Gasteiger partial charge in [0, 0.05) is 18.0 Å². The van der Waals surface area contributed by atoms with Crippen molar-refractivity contribution in [2.45, 2.75) is 30.5 Å². The smallest absolute Gasteiger partial charge is 0.231 e. The van der Waals surface area contributed by atoms with Crippen LogP contribution in [-0.2, 0) is 6.54 Å². The first-order valence-electron chi connectivity index (χ1n) is 7.86. The largest absolute Gasteiger partial charge is 0.454 e. The number of hydrogen-bond acceptors (Lipinski definition) is 6. The predicted molar refractivity (Wildman–Crippen MR) is 89.8 cm³/mol. The number of allylic oxidation sites excluding steroid dienone is 1. The zero-order valence-corrected chi connectivity index (χ0v) is 13.9. The molecule has 2 heterocycles. The minimum Gasteiger partial charge on any atom is -0.454 e. The molecule has 0 amide bonds. The van der Waals surface area contributed by atoms with Crippen molar-refractivity contribution in [1.82, 2.24) is 14.8 Å². The Hall–Kier alpha value is -2.28. The second kappa shape index (κ2) is 6.32. The number of rotatable bonds is 7. The number of ketones is 1. The quantitative estimate of drug-likeness (QED) is 0.437. The van der Waals surface area contributed by atoms with Crippen LogP contribution in [0.5, 0.6) is 11.5 Å². The van der Waals surface area contributed by atoms with Crippen LogP contribution in [0.1, 0.15) is 34.9 Å². The fraction of sp³-hybridized carbons (Fsp3) is 0.353. The first-order valence-corrected chi connectivity index (χ1v) is 8.84. The minimum atomic E-state index is 0.0272. The monoisotopic (exact) mass is 343 g/mol. The molecule has 2 aliphatic rings. The lowest BCUT2D eigenvalue weighted by Gasteiger charge is -2.07. The van der Waals surface area contributed by atoms with Crippen molar-refractivity contribution in [2.24, 2.45) is 0 Å². The summed E-state index contributed by atoms with van der Waals surface area (Å²) in [5.41, 5.74) is 0.615. The van der Waals surface area contributed by atoms with Gasteiger partial charge in [0.25, 0.3) is 0 Å². The number of carbonyl (C=O) groups excluding carboxylic acids is 1. The number of thioether (sulfide) groups is 1. The van der Waals surface area contributed by atoms with Crippen LogP contribution in [0.2, 0.25) is 0 Å². The SMILES string of the molecule is C=CCn1c(SCC(=O)c2ccc3c(c2)OCO3)nnc1C1CC1. The average molecular weight is 343 g/mol. The van der Waals surface area contributed by atoms with E-state index in [1.807, 2.05) is 6.08 Å². The van der Waals surface area contributed by atoms with Gasteiger partial charge >= 0.3 is 0 Å². The third-order valence-corrected chi connectivity index (χ3v) is 4.99. The molecule has 1 aliphatic carbocycles. The summed E-state index contributed by atoms with van der Waals surface area (Å²) in [5.74, 6) is 3.15. The van der Waals surface area contributed by atoms with E-state index in [9.17, 15) is 4.79 Å². The van der Waals surface area contributed by atoms with Crippen LogP contribution in [0.15, 0.2) is 36.0 Å². The Bertz CT molecular complexity index is 798. The summed E-state index contributed by atoms with van der Waals surface area (Å²) < 4.78 is 12.6. The van der Waals surface area contributed by atoms with Crippen LogP contribution in [0.4, 0.5) is 0 Å². The van der Waals surface area contributed by atoms with Crippen molar-refractivity contribution in [2.75, 3.05) is 12.5 Å². The Kier molecular flexibility index (Phi) is 4.02. The number of benzene rings is 1. The van der Waals surface area contributed by atoms with E-state index in [1.165, 1.54) is 11.8 Å². The topological polar surface area (TPSA) is 66.2 Å². The van der Waals surface area contributed by atoms with E-state index >= 15 is 0 Å². The highest BCUT2D eigenvalue weighted by Crippen LogP contribution is 2.40. The molecule has 4 rings (SSSR count). The van der Waals surface area contributed by atoms with Crippen LogP contribution in [0, 0.1) is 0 Å². The van der Waals surface area contributed by atoms with E-state index in [2.05, 4.69) is 21.3 Å². The second-order valence-corrected chi connectivity index (χ2v) is 6.74. The Labute approximate surface area is 143 Å². The highest BCUT2D eigenvalue weighted by molar-refractivity contribution is 7.99. The molecule has 1 aromatic heterocycles. The van der Waals surface area contributed by atoms with Crippen molar-refractivity contribution in [3.05, 3.63) is 42.2 Å². The Morgan fingerprint density at radius 3 is 2.96 bits per heavy atom. The van der Waals surface area contributed by atoms with Gasteiger partial charge in [-0.05, 0) is 31.0 Å². The first kappa shape index (κ1) is 15.3. The molecule has 0 spiro atoms. The molecule has 0 bridgehead atoms.